The molecule has 0 aliphatic carbocycles. The molecule has 1 aromatic carbocycles. The summed E-state index contributed by atoms with van der Waals surface area (Å²) in [7, 11) is -1.69. The molecule has 2 heterocycles. The molecule has 31 heavy (non-hydrogen) atoms. The highest BCUT2D eigenvalue weighted by molar-refractivity contribution is 6.83. The van der Waals surface area contributed by atoms with E-state index in [1.165, 1.54) is 24.5 Å². The van der Waals surface area contributed by atoms with E-state index >= 15 is 0 Å². The van der Waals surface area contributed by atoms with Crippen LogP contribution in [0.2, 0.25) is 19.6 Å². The molecule has 0 spiro atoms. The fraction of sp³-hybridized carbons (Fsp3) is 0.318. The molecule has 1 amide bonds. The van der Waals surface area contributed by atoms with E-state index in [9.17, 15) is 18.0 Å². The molecule has 0 saturated heterocycles. The van der Waals surface area contributed by atoms with E-state index in [-0.39, 0.29) is 16.9 Å². The second kappa shape index (κ2) is 8.19. The Labute approximate surface area is 179 Å². The third kappa shape index (κ3) is 5.33. The third-order valence-electron chi connectivity index (χ3n) is 4.44. The summed E-state index contributed by atoms with van der Waals surface area (Å²) < 4.78 is 43.2. The van der Waals surface area contributed by atoms with Gasteiger partial charge in [0.15, 0.2) is 17.4 Å². The predicted octanol–water partition coefficient (Wildman–Crippen LogP) is 4.61. The van der Waals surface area contributed by atoms with Gasteiger partial charge in [-0.15, -0.1) is 5.54 Å². The maximum Gasteiger partial charge on any atom is 0.412 e. The number of aryl methyl sites for hydroxylation is 2. The Hall–Kier alpha value is -3.12. The van der Waals surface area contributed by atoms with Crippen molar-refractivity contribution in [1.29, 1.82) is 0 Å². The van der Waals surface area contributed by atoms with E-state index in [4.69, 9.17) is 0 Å². The lowest BCUT2D eigenvalue weighted by molar-refractivity contribution is -0.155. The number of amides is 1. The van der Waals surface area contributed by atoms with Crippen LogP contribution in [0.3, 0.4) is 0 Å². The normalized spacial score (nSPS) is 12.9. The number of fused-ring (bicyclic) bond motifs is 1. The van der Waals surface area contributed by atoms with Crippen molar-refractivity contribution in [1.82, 2.24) is 19.7 Å². The summed E-state index contributed by atoms with van der Waals surface area (Å²) in [6, 6.07) is 5.46. The number of nitrogens with zero attached hydrogens (tertiary/aromatic N) is 3. The monoisotopic (exact) mass is 444 g/mol. The van der Waals surface area contributed by atoms with Gasteiger partial charge < -0.3 is 5.32 Å². The summed E-state index contributed by atoms with van der Waals surface area (Å²) in [6.07, 6.45) is -3.32. The standard InChI is InChI=1S/C22H23F3N4OSi/c1-14-11-15(2)29-13-26-18(20(29)27-14)21(30)28-19(22(23,24)25)17-8-6-7-16(12-17)9-10-31(3,4)5/h6-8,11-13,19H,1-5H3,(H,28,30). The number of carbonyl (C=O) groups excluding carboxylic acids is 1. The Balaban J connectivity index is 1.97. The number of nitrogens with one attached hydrogen (secondary N) is 1. The van der Waals surface area contributed by atoms with Crippen molar-refractivity contribution in [2.75, 3.05) is 0 Å². The van der Waals surface area contributed by atoms with E-state index in [1.807, 2.05) is 0 Å². The summed E-state index contributed by atoms with van der Waals surface area (Å²) >= 11 is 0. The smallest absolute Gasteiger partial charge is 0.335 e. The largest absolute Gasteiger partial charge is 0.412 e. The lowest BCUT2D eigenvalue weighted by Crippen LogP contribution is -2.38. The number of imidazole rings is 1. The maximum absolute atomic E-state index is 13.9. The third-order valence-corrected chi connectivity index (χ3v) is 5.32. The van der Waals surface area contributed by atoms with Gasteiger partial charge in [0.05, 0.1) is 0 Å². The fourth-order valence-electron chi connectivity index (χ4n) is 3.05. The van der Waals surface area contributed by atoms with Crippen LogP contribution in [0.15, 0.2) is 36.7 Å². The number of benzene rings is 1. The molecule has 0 bridgehead atoms. The minimum atomic E-state index is -4.70. The van der Waals surface area contributed by atoms with E-state index in [2.05, 4.69) is 46.4 Å². The van der Waals surface area contributed by atoms with Crippen molar-refractivity contribution in [2.45, 2.75) is 45.7 Å². The van der Waals surface area contributed by atoms with Gasteiger partial charge in [0.25, 0.3) is 5.91 Å². The van der Waals surface area contributed by atoms with Gasteiger partial charge in [0, 0.05) is 17.0 Å². The average molecular weight is 445 g/mol. The molecule has 3 aromatic rings. The van der Waals surface area contributed by atoms with Crippen LogP contribution in [0.4, 0.5) is 13.2 Å². The number of alkyl halides is 3. The molecule has 1 atom stereocenters. The second-order valence-electron chi connectivity index (χ2n) is 8.40. The van der Waals surface area contributed by atoms with Crippen LogP contribution in [0.5, 0.6) is 0 Å². The Bertz CT molecular complexity index is 1200. The van der Waals surface area contributed by atoms with Gasteiger partial charge in [-0.25, -0.2) is 9.97 Å². The van der Waals surface area contributed by atoms with Gasteiger partial charge in [-0.2, -0.15) is 13.2 Å². The summed E-state index contributed by atoms with van der Waals surface area (Å²) in [5.41, 5.74) is 4.99. The highest BCUT2D eigenvalue weighted by Gasteiger charge is 2.42. The molecular weight excluding hydrogens is 421 g/mol. The Kier molecular flexibility index (Phi) is 5.96. The van der Waals surface area contributed by atoms with Crippen molar-refractivity contribution in [3.63, 3.8) is 0 Å². The zero-order valence-corrected chi connectivity index (χ0v) is 18.9. The minimum absolute atomic E-state index is 0.0907. The van der Waals surface area contributed by atoms with Crippen LogP contribution in [0.25, 0.3) is 5.65 Å². The first-order valence-corrected chi connectivity index (χ1v) is 13.2. The summed E-state index contributed by atoms with van der Waals surface area (Å²) in [6.45, 7) is 9.70. The first-order valence-electron chi connectivity index (χ1n) is 9.67. The highest BCUT2D eigenvalue weighted by Crippen LogP contribution is 2.33. The van der Waals surface area contributed by atoms with E-state index in [1.54, 1.807) is 30.4 Å². The van der Waals surface area contributed by atoms with Crippen molar-refractivity contribution in [3.05, 3.63) is 64.9 Å². The lowest BCUT2D eigenvalue weighted by atomic mass is 10.0. The first kappa shape index (κ1) is 22.6. The van der Waals surface area contributed by atoms with Crippen LogP contribution >= 0.6 is 0 Å². The van der Waals surface area contributed by atoms with Gasteiger partial charge in [0.1, 0.15) is 14.4 Å². The van der Waals surface area contributed by atoms with Gasteiger partial charge in [-0.05, 0) is 37.6 Å². The average Bonchev–Trinajstić information content (AvgIpc) is 3.07. The van der Waals surface area contributed by atoms with Crippen molar-refractivity contribution < 1.29 is 18.0 Å². The van der Waals surface area contributed by atoms with E-state index in [0.29, 0.717) is 11.3 Å². The molecule has 0 radical (unpaired) electrons. The molecule has 0 fully saturated rings. The molecule has 1 unspecified atom stereocenters. The molecule has 2 aromatic heterocycles. The molecular formula is C22H23F3N4OSi. The van der Waals surface area contributed by atoms with Crippen LogP contribution in [0.1, 0.15) is 39.0 Å². The number of aromatic nitrogens is 3. The first-order chi connectivity index (χ1) is 14.3. The molecule has 3 rings (SSSR count). The summed E-state index contributed by atoms with van der Waals surface area (Å²) in [5, 5.41) is 2.09. The molecule has 1 N–H and O–H groups in total. The van der Waals surface area contributed by atoms with Gasteiger partial charge in [-0.1, -0.05) is 37.7 Å². The number of carbonyl (C=O) groups is 1. The summed E-state index contributed by atoms with van der Waals surface area (Å²) in [4.78, 5) is 21.0. The van der Waals surface area contributed by atoms with E-state index in [0.717, 1.165) is 5.69 Å². The van der Waals surface area contributed by atoms with Gasteiger partial charge >= 0.3 is 6.18 Å². The molecule has 0 saturated carbocycles. The molecule has 162 valence electrons. The quantitative estimate of drug-likeness (QED) is 0.474. The number of rotatable bonds is 3. The second-order valence-corrected chi connectivity index (χ2v) is 13.1. The number of halogens is 3. The molecule has 9 heteroatoms. The predicted molar refractivity (Wildman–Crippen MR) is 115 cm³/mol. The highest BCUT2D eigenvalue weighted by atomic mass is 28.3. The Morgan fingerprint density at radius 1 is 1.19 bits per heavy atom. The van der Waals surface area contributed by atoms with Crippen LogP contribution in [-0.2, 0) is 0 Å². The zero-order chi connectivity index (χ0) is 23.0. The minimum Gasteiger partial charge on any atom is -0.335 e. The lowest BCUT2D eigenvalue weighted by Gasteiger charge is -2.22. The topological polar surface area (TPSA) is 59.3 Å². The van der Waals surface area contributed by atoms with Crippen molar-refractivity contribution in [3.8, 4) is 11.5 Å². The Morgan fingerprint density at radius 3 is 2.55 bits per heavy atom. The zero-order valence-electron chi connectivity index (χ0n) is 17.9. The maximum atomic E-state index is 13.9. The van der Waals surface area contributed by atoms with E-state index < -0.39 is 26.2 Å². The van der Waals surface area contributed by atoms with Gasteiger partial charge in [-0.3, -0.25) is 9.20 Å². The Morgan fingerprint density at radius 2 is 1.90 bits per heavy atom. The number of hydrogen-bond acceptors (Lipinski definition) is 3. The number of hydrogen-bond donors (Lipinski definition) is 1. The van der Waals surface area contributed by atoms with Gasteiger partial charge in [0.2, 0.25) is 0 Å². The summed E-state index contributed by atoms with van der Waals surface area (Å²) in [5.74, 6) is 2.01. The fourth-order valence-corrected chi connectivity index (χ4v) is 3.57. The van der Waals surface area contributed by atoms with Crippen LogP contribution in [-0.4, -0.2) is 34.5 Å². The molecule has 0 aliphatic rings. The van der Waals surface area contributed by atoms with Crippen molar-refractivity contribution >= 4 is 19.6 Å². The molecule has 0 aliphatic heterocycles. The molecule has 5 nitrogen and oxygen atoms in total. The van der Waals surface area contributed by atoms with Crippen molar-refractivity contribution in [2.24, 2.45) is 0 Å². The SMILES string of the molecule is Cc1cc(C)n2cnc(C(=O)NC(c3cccc(C#C[Si](C)(C)C)c3)C(F)(F)F)c2n1. The van der Waals surface area contributed by atoms with Crippen LogP contribution < -0.4 is 5.32 Å². The van der Waals surface area contributed by atoms with Crippen LogP contribution in [0, 0.1) is 25.3 Å².